The van der Waals surface area contributed by atoms with Crippen molar-refractivity contribution in [1.82, 2.24) is 15.1 Å². The van der Waals surface area contributed by atoms with Crippen molar-refractivity contribution < 1.29 is 9.47 Å². The summed E-state index contributed by atoms with van der Waals surface area (Å²) in [4.78, 5) is 2.06. The van der Waals surface area contributed by atoms with E-state index in [1.54, 1.807) is 7.11 Å². The Morgan fingerprint density at radius 3 is 2.79 bits per heavy atom. The van der Waals surface area contributed by atoms with Crippen molar-refractivity contribution in [3.05, 3.63) is 30.3 Å². The molecule has 0 spiro atoms. The third kappa shape index (κ3) is 3.48. The number of hydrogen-bond donors (Lipinski definition) is 1. The zero-order chi connectivity index (χ0) is 13.7. The number of aromatic nitrogens is 2. The van der Waals surface area contributed by atoms with Crippen LogP contribution in [-0.4, -0.2) is 49.5 Å². The quantitative estimate of drug-likeness (QED) is 0.864. The van der Waals surface area contributed by atoms with Crippen LogP contribution in [0.5, 0.6) is 11.6 Å². The van der Waals surface area contributed by atoms with Gasteiger partial charge < -0.3 is 14.4 Å². The van der Waals surface area contributed by atoms with Gasteiger partial charge >= 0.3 is 0 Å². The molecular weight excluding hydrogens is 242 g/mol. The first-order valence-electron chi connectivity index (χ1n) is 6.17. The molecule has 0 radical (unpaired) electrons. The lowest BCUT2D eigenvalue weighted by Gasteiger charge is -2.08. The Labute approximate surface area is 113 Å². The number of H-pyrrole nitrogens is 1. The number of rotatable bonds is 6. The van der Waals surface area contributed by atoms with Crippen LogP contribution in [0, 0.1) is 0 Å². The van der Waals surface area contributed by atoms with E-state index < -0.39 is 0 Å². The topological polar surface area (TPSA) is 50.4 Å². The van der Waals surface area contributed by atoms with Crippen LogP contribution in [0.4, 0.5) is 0 Å². The first-order chi connectivity index (χ1) is 9.20. The van der Waals surface area contributed by atoms with Crippen molar-refractivity contribution in [2.75, 3.05) is 34.4 Å². The maximum absolute atomic E-state index is 5.57. The average molecular weight is 261 g/mol. The second kappa shape index (κ2) is 6.24. The number of nitrogens with one attached hydrogen (secondary N) is 1. The van der Waals surface area contributed by atoms with Crippen LogP contribution in [0.25, 0.3) is 11.3 Å². The molecule has 0 fully saturated rings. The Hall–Kier alpha value is -2.01. The Morgan fingerprint density at radius 1 is 1.26 bits per heavy atom. The predicted molar refractivity (Wildman–Crippen MR) is 74.6 cm³/mol. The molecule has 0 bridgehead atoms. The summed E-state index contributed by atoms with van der Waals surface area (Å²) in [6.07, 6.45) is 0. The second-order valence-electron chi connectivity index (χ2n) is 4.47. The molecule has 2 aromatic rings. The van der Waals surface area contributed by atoms with Crippen LogP contribution < -0.4 is 9.47 Å². The molecule has 0 aliphatic carbocycles. The first-order valence-corrected chi connectivity index (χ1v) is 6.17. The summed E-state index contributed by atoms with van der Waals surface area (Å²) in [5.41, 5.74) is 1.86. The monoisotopic (exact) mass is 261 g/mol. The second-order valence-corrected chi connectivity index (χ2v) is 4.47. The molecule has 5 heteroatoms. The highest BCUT2D eigenvalue weighted by molar-refractivity contribution is 5.67. The molecule has 0 aliphatic rings. The fraction of sp³-hybridized carbons (Fsp3) is 0.357. The summed E-state index contributed by atoms with van der Waals surface area (Å²) in [6.45, 7) is 1.47. The maximum Gasteiger partial charge on any atom is 0.233 e. The zero-order valence-corrected chi connectivity index (χ0v) is 11.5. The zero-order valence-electron chi connectivity index (χ0n) is 11.5. The minimum absolute atomic E-state index is 0.600. The van der Waals surface area contributed by atoms with Gasteiger partial charge in [-0.3, -0.25) is 5.10 Å². The molecule has 0 saturated carbocycles. The average Bonchev–Trinajstić information content (AvgIpc) is 2.87. The van der Waals surface area contributed by atoms with Crippen molar-refractivity contribution in [2.24, 2.45) is 0 Å². The standard InChI is InChI=1S/C14H19N3O2/c1-17(2)8-9-19-14-10-12(15-16-14)11-6-4-5-7-13(11)18-3/h4-7,10H,8-9H2,1-3H3,(H,15,16). The van der Waals surface area contributed by atoms with Gasteiger partial charge in [0.2, 0.25) is 5.88 Å². The van der Waals surface area contributed by atoms with Crippen LogP contribution >= 0.6 is 0 Å². The lowest BCUT2D eigenvalue weighted by molar-refractivity contribution is 0.253. The van der Waals surface area contributed by atoms with Gasteiger partial charge in [0.1, 0.15) is 12.4 Å². The van der Waals surface area contributed by atoms with Gasteiger partial charge in [-0.2, -0.15) is 0 Å². The normalized spacial score (nSPS) is 10.7. The number of ether oxygens (including phenoxy) is 2. The lowest BCUT2D eigenvalue weighted by Crippen LogP contribution is -2.19. The van der Waals surface area contributed by atoms with E-state index in [0.29, 0.717) is 12.5 Å². The van der Waals surface area contributed by atoms with Gasteiger partial charge in [0.15, 0.2) is 0 Å². The third-order valence-electron chi connectivity index (χ3n) is 2.74. The first kappa shape index (κ1) is 13.4. The summed E-state index contributed by atoms with van der Waals surface area (Å²) < 4.78 is 10.9. The summed E-state index contributed by atoms with van der Waals surface area (Å²) in [5.74, 6) is 1.41. The highest BCUT2D eigenvalue weighted by atomic mass is 16.5. The summed E-state index contributed by atoms with van der Waals surface area (Å²) in [5, 5.41) is 7.11. The van der Waals surface area contributed by atoms with Crippen molar-refractivity contribution in [2.45, 2.75) is 0 Å². The minimum Gasteiger partial charge on any atom is -0.496 e. The molecule has 2 rings (SSSR count). The molecule has 1 N–H and O–H groups in total. The largest absolute Gasteiger partial charge is 0.496 e. The smallest absolute Gasteiger partial charge is 0.233 e. The number of methoxy groups -OCH3 is 1. The SMILES string of the molecule is COc1ccccc1-c1cc(OCCN(C)C)n[nH]1. The van der Waals surface area contributed by atoms with E-state index in [-0.39, 0.29) is 0 Å². The van der Waals surface area contributed by atoms with Crippen LogP contribution in [0.15, 0.2) is 30.3 Å². The number of hydrogen-bond acceptors (Lipinski definition) is 4. The van der Waals surface area contributed by atoms with Gasteiger partial charge in [0.05, 0.1) is 12.8 Å². The minimum atomic E-state index is 0.600. The van der Waals surface area contributed by atoms with Crippen LogP contribution in [0.1, 0.15) is 0 Å². The molecule has 5 nitrogen and oxygen atoms in total. The van der Waals surface area contributed by atoms with Crippen molar-refractivity contribution >= 4 is 0 Å². The molecule has 0 amide bonds. The van der Waals surface area contributed by atoms with E-state index in [1.807, 2.05) is 44.4 Å². The highest BCUT2D eigenvalue weighted by Gasteiger charge is 2.09. The van der Waals surface area contributed by atoms with Crippen LogP contribution in [0.3, 0.4) is 0 Å². The number of aromatic amines is 1. The Balaban J connectivity index is 2.08. The molecular formula is C14H19N3O2. The maximum atomic E-state index is 5.57. The highest BCUT2D eigenvalue weighted by Crippen LogP contribution is 2.29. The molecule has 19 heavy (non-hydrogen) atoms. The van der Waals surface area contributed by atoms with Crippen LogP contribution in [-0.2, 0) is 0 Å². The van der Waals surface area contributed by atoms with E-state index in [4.69, 9.17) is 9.47 Å². The van der Waals surface area contributed by atoms with E-state index >= 15 is 0 Å². The molecule has 0 aliphatic heterocycles. The summed E-state index contributed by atoms with van der Waals surface area (Å²) in [7, 11) is 5.67. The van der Waals surface area contributed by atoms with Crippen LogP contribution in [0.2, 0.25) is 0 Å². The van der Waals surface area contributed by atoms with Gasteiger partial charge in [-0.25, -0.2) is 0 Å². The Bertz CT molecular complexity index is 523. The van der Waals surface area contributed by atoms with E-state index in [1.165, 1.54) is 0 Å². The number of benzene rings is 1. The Kier molecular flexibility index (Phi) is 4.41. The van der Waals surface area contributed by atoms with Gasteiger partial charge in [-0.1, -0.05) is 12.1 Å². The summed E-state index contributed by atoms with van der Waals surface area (Å²) in [6, 6.07) is 9.69. The number of nitrogens with zero attached hydrogens (tertiary/aromatic N) is 2. The van der Waals surface area contributed by atoms with Crippen molar-refractivity contribution in [1.29, 1.82) is 0 Å². The van der Waals surface area contributed by atoms with E-state index in [0.717, 1.165) is 23.6 Å². The van der Waals surface area contributed by atoms with E-state index in [9.17, 15) is 0 Å². The molecule has 1 aromatic carbocycles. The molecule has 102 valence electrons. The molecule has 1 heterocycles. The molecule has 0 unspecified atom stereocenters. The lowest BCUT2D eigenvalue weighted by atomic mass is 10.1. The molecule has 0 atom stereocenters. The molecule has 1 aromatic heterocycles. The summed E-state index contributed by atoms with van der Waals surface area (Å²) >= 11 is 0. The molecule has 0 saturated heterocycles. The Morgan fingerprint density at radius 2 is 2.05 bits per heavy atom. The third-order valence-corrected chi connectivity index (χ3v) is 2.74. The van der Waals surface area contributed by atoms with Gasteiger partial charge in [-0.15, -0.1) is 5.10 Å². The van der Waals surface area contributed by atoms with Crippen molar-refractivity contribution in [3.63, 3.8) is 0 Å². The van der Waals surface area contributed by atoms with Gasteiger partial charge in [-0.05, 0) is 26.2 Å². The fourth-order valence-electron chi connectivity index (χ4n) is 1.72. The van der Waals surface area contributed by atoms with Crippen molar-refractivity contribution in [3.8, 4) is 22.9 Å². The fourth-order valence-corrected chi connectivity index (χ4v) is 1.72. The van der Waals surface area contributed by atoms with Gasteiger partial charge in [0.25, 0.3) is 0 Å². The number of likely N-dealkylation sites (N-methyl/N-ethyl adjacent to an activating group) is 1. The van der Waals surface area contributed by atoms with E-state index in [2.05, 4.69) is 15.1 Å². The predicted octanol–water partition coefficient (Wildman–Crippen LogP) is 2.03. The van der Waals surface area contributed by atoms with Gasteiger partial charge in [0, 0.05) is 18.2 Å². The number of para-hydroxylation sites is 1.